The van der Waals surface area contributed by atoms with E-state index in [-0.39, 0.29) is 12.1 Å². The molecule has 1 atom stereocenters. The maximum atomic E-state index is 12.8. The number of carbonyl (C=O) groups is 1. The summed E-state index contributed by atoms with van der Waals surface area (Å²) in [6, 6.07) is 3.75. The van der Waals surface area contributed by atoms with Crippen LogP contribution in [0.5, 0.6) is 0 Å². The van der Waals surface area contributed by atoms with E-state index in [2.05, 4.69) is 0 Å². The van der Waals surface area contributed by atoms with Crippen LogP contribution in [0.3, 0.4) is 0 Å². The average Bonchev–Trinajstić information content (AvgIpc) is 2.32. The van der Waals surface area contributed by atoms with Gasteiger partial charge >= 0.3 is 12.3 Å². The molecule has 0 aliphatic rings. The lowest BCUT2D eigenvalue weighted by atomic mass is 9.97. The maximum Gasteiger partial charge on any atom is 0.416 e. The first-order valence-electron chi connectivity index (χ1n) is 6.38. The smallest absolute Gasteiger partial charge is 0.416 e. The van der Waals surface area contributed by atoms with Crippen LogP contribution in [-0.2, 0) is 6.18 Å². The van der Waals surface area contributed by atoms with E-state index < -0.39 is 29.4 Å². The van der Waals surface area contributed by atoms with Crippen LogP contribution in [-0.4, -0.2) is 28.2 Å². The van der Waals surface area contributed by atoms with Gasteiger partial charge in [-0.15, -0.1) is 0 Å². The molecule has 0 saturated carbocycles. The van der Waals surface area contributed by atoms with Crippen LogP contribution in [0.4, 0.5) is 18.0 Å². The van der Waals surface area contributed by atoms with Gasteiger partial charge in [0, 0.05) is 12.1 Å². The van der Waals surface area contributed by atoms with Gasteiger partial charge in [-0.3, -0.25) is 4.90 Å². The van der Waals surface area contributed by atoms with Crippen molar-refractivity contribution in [2.45, 2.75) is 38.5 Å². The molecular weight excluding hydrogens is 285 g/mol. The summed E-state index contributed by atoms with van der Waals surface area (Å²) in [5.41, 5.74) is 4.23. The number of carboxylic acid groups (broad SMARTS) is 1. The van der Waals surface area contributed by atoms with Gasteiger partial charge < -0.3 is 10.8 Å². The number of alkyl halides is 3. The summed E-state index contributed by atoms with van der Waals surface area (Å²) in [6.45, 7) is 4.89. The highest BCUT2D eigenvalue weighted by atomic mass is 19.4. The lowest BCUT2D eigenvalue weighted by Crippen LogP contribution is -2.49. The molecule has 0 bridgehead atoms. The average molecular weight is 304 g/mol. The van der Waals surface area contributed by atoms with Crippen molar-refractivity contribution in [1.29, 1.82) is 0 Å². The molecule has 21 heavy (non-hydrogen) atoms. The quantitative estimate of drug-likeness (QED) is 0.898. The topological polar surface area (TPSA) is 66.6 Å². The molecule has 0 aliphatic carbocycles. The van der Waals surface area contributed by atoms with Gasteiger partial charge in [0.15, 0.2) is 0 Å². The van der Waals surface area contributed by atoms with Gasteiger partial charge in [-0.1, -0.05) is 12.1 Å². The molecule has 1 aromatic rings. The minimum Gasteiger partial charge on any atom is -0.465 e. The van der Waals surface area contributed by atoms with Gasteiger partial charge in [-0.05, 0) is 38.5 Å². The number of nitrogens with zero attached hydrogens (tertiary/aromatic N) is 1. The number of amides is 1. The molecule has 0 saturated heterocycles. The Balaban J connectivity index is 3.30. The summed E-state index contributed by atoms with van der Waals surface area (Å²) in [5.74, 6) is 0. The molecule has 1 rings (SSSR count). The predicted octanol–water partition coefficient (Wildman–Crippen LogP) is 3.48. The first kappa shape index (κ1) is 17.3. The number of halogens is 3. The predicted molar refractivity (Wildman–Crippen MR) is 72.9 cm³/mol. The highest BCUT2D eigenvalue weighted by Gasteiger charge is 2.35. The largest absolute Gasteiger partial charge is 0.465 e. The molecule has 4 nitrogen and oxygen atoms in total. The zero-order chi connectivity index (χ0) is 16.4. The highest BCUT2D eigenvalue weighted by Crippen LogP contribution is 2.33. The summed E-state index contributed by atoms with van der Waals surface area (Å²) in [5, 5.41) is 9.35. The van der Waals surface area contributed by atoms with Crippen LogP contribution in [0.15, 0.2) is 24.3 Å². The van der Waals surface area contributed by atoms with Crippen LogP contribution in [0.2, 0.25) is 0 Å². The van der Waals surface area contributed by atoms with Gasteiger partial charge in [0.1, 0.15) is 0 Å². The van der Waals surface area contributed by atoms with Crippen LogP contribution in [0.1, 0.15) is 37.9 Å². The third kappa shape index (κ3) is 4.10. The standard InChI is InChI=1S/C14H19F3N2O2/c1-13(2,3)19(12(20)21)11(8-18)9-5-4-6-10(7-9)14(15,16)17/h4-7,11H,8,18H2,1-3H3,(H,20,21). The van der Waals surface area contributed by atoms with E-state index in [1.165, 1.54) is 12.1 Å². The maximum absolute atomic E-state index is 12.8. The Morgan fingerprint density at radius 1 is 1.33 bits per heavy atom. The van der Waals surface area contributed by atoms with Gasteiger partial charge in [0.05, 0.1) is 11.6 Å². The van der Waals surface area contributed by atoms with E-state index in [0.29, 0.717) is 0 Å². The molecule has 1 unspecified atom stereocenters. The molecule has 0 radical (unpaired) electrons. The van der Waals surface area contributed by atoms with Crippen molar-refractivity contribution in [3.63, 3.8) is 0 Å². The van der Waals surface area contributed by atoms with E-state index in [0.717, 1.165) is 17.0 Å². The minimum absolute atomic E-state index is 0.106. The Morgan fingerprint density at radius 3 is 2.29 bits per heavy atom. The van der Waals surface area contributed by atoms with Gasteiger partial charge in [-0.25, -0.2) is 4.79 Å². The van der Waals surface area contributed by atoms with Crippen molar-refractivity contribution >= 4 is 6.09 Å². The molecule has 3 N–H and O–H groups in total. The molecule has 7 heteroatoms. The number of benzene rings is 1. The number of hydrogen-bond acceptors (Lipinski definition) is 2. The molecule has 1 amide bonds. The van der Waals surface area contributed by atoms with Crippen molar-refractivity contribution in [3.8, 4) is 0 Å². The molecular formula is C14H19F3N2O2. The Bertz CT molecular complexity index is 510. The zero-order valence-corrected chi connectivity index (χ0v) is 12.1. The lowest BCUT2D eigenvalue weighted by molar-refractivity contribution is -0.137. The van der Waals surface area contributed by atoms with E-state index in [4.69, 9.17) is 5.73 Å². The Morgan fingerprint density at radius 2 is 1.90 bits per heavy atom. The summed E-state index contributed by atoms with van der Waals surface area (Å²) in [7, 11) is 0. The first-order chi connectivity index (χ1) is 9.48. The molecule has 1 aromatic carbocycles. The molecule has 0 aromatic heterocycles. The van der Waals surface area contributed by atoms with Gasteiger partial charge in [0.2, 0.25) is 0 Å². The summed E-state index contributed by atoms with van der Waals surface area (Å²) in [6.07, 6.45) is -5.71. The lowest BCUT2D eigenvalue weighted by Gasteiger charge is -2.39. The Hall–Kier alpha value is -1.76. The van der Waals surface area contributed by atoms with Crippen LogP contribution in [0, 0.1) is 0 Å². The van der Waals surface area contributed by atoms with E-state index in [1.54, 1.807) is 20.8 Å². The monoisotopic (exact) mass is 304 g/mol. The first-order valence-corrected chi connectivity index (χ1v) is 6.38. The summed E-state index contributed by atoms with van der Waals surface area (Å²) in [4.78, 5) is 12.5. The third-order valence-corrected chi connectivity index (χ3v) is 3.06. The summed E-state index contributed by atoms with van der Waals surface area (Å²) >= 11 is 0. The van der Waals surface area contributed by atoms with Gasteiger partial charge in [0.25, 0.3) is 0 Å². The van der Waals surface area contributed by atoms with Crippen molar-refractivity contribution < 1.29 is 23.1 Å². The molecule has 0 spiro atoms. The normalized spacial score (nSPS) is 13.9. The second-order valence-electron chi connectivity index (χ2n) is 5.70. The van der Waals surface area contributed by atoms with Crippen molar-refractivity contribution in [2.24, 2.45) is 5.73 Å². The number of hydrogen-bond donors (Lipinski definition) is 2. The fourth-order valence-electron chi connectivity index (χ4n) is 2.20. The minimum atomic E-state index is -4.48. The second kappa shape index (κ2) is 5.93. The van der Waals surface area contributed by atoms with Crippen LogP contribution >= 0.6 is 0 Å². The van der Waals surface area contributed by atoms with Crippen LogP contribution in [0.25, 0.3) is 0 Å². The molecule has 0 aliphatic heterocycles. The van der Waals surface area contributed by atoms with Gasteiger partial charge in [-0.2, -0.15) is 13.2 Å². The molecule has 0 heterocycles. The van der Waals surface area contributed by atoms with Crippen LogP contribution < -0.4 is 5.73 Å². The number of nitrogens with two attached hydrogens (primary N) is 1. The third-order valence-electron chi connectivity index (χ3n) is 3.06. The van der Waals surface area contributed by atoms with Crippen molar-refractivity contribution in [1.82, 2.24) is 4.90 Å². The molecule has 0 fully saturated rings. The van der Waals surface area contributed by atoms with E-state index in [9.17, 15) is 23.1 Å². The van der Waals surface area contributed by atoms with Crippen molar-refractivity contribution in [2.75, 3.05) is 6.54 Å². The van der Waals surface area contributed by atoms with E-state index >= 15 is 0 Å². The fourth-order valence-corrected chi connectivity index (χ4v) is 2.20. The summed E-state index contributed by atoms with van der Waals surface area (Å²) < 4.78 is 38.3. The highest BCUT2D eigenvalue weighted by molar-refractivity contribution is 5.67. The van der Waals surface area contributed by atoms with Crippen molar-refractivity contribution in [3.05, 3.63) is 35.4 Å². The number of rotatable bonds is 3. The Kier molecular flexibility index (Phi) is 4.88. The van der Waals surface area contributed by atoms with E-state index in [1.807, 2.05) is 0 Å². The SMILES string of the molecule is CC(C)(C)N(C(=O)O)C(CN)c1cccc(C(F)(F)F)c1. The fraction of sp³-hybridized carbons (Fsp3) is 0.500. The molecule has 118 valence electrons. The second-order valence-corrected chi connectivity index (χ2v) is 5.70. The Labute approximate surface area is 121 Å². The zero-order valence-electron chi connectivity index (χ0n) is 12.1.